The van der Waals surface area contributed by atoms with Gasteiger partial charge >= 0.3 is 0 Å². The lowest BCUT2D eigenvalue weighted by Gasteiger charge is -2.14. The Labute approximate surface area is 85.7 Å². The molecule has 78 valence electrons. The van der Waals surface area contributed by atoms with Crippen LogP contribution < -0.4 is 5.32 Å². The summed E-state index contributed by atoms with van der Waals surface area (Å²) in [7, 11) is 0. The Bertz CT molecular complexity index is 288. The predicted octanol–water partition coefficient (Wildman–Crippen LogP) is 3.04. The van der Waals surface area contributed by atoms with E-state index < -0.39 is 0 Å². The van der Waals surface area contributed by atoms with Crippen molar-refractivity contribution < 1.29 is 4.42 Å². The fraction of sp³-hybridized carbons (Fsp3) is 0.667. The molecule has 0 spiro atoms. The van der Waals surface area contributed by atoms with Gasteiger partial charge in [-0.05, 0) is 37.9 Å². The van der Waals surface area contributed by atoms with E-state index in [0.29, 0.717) is 6.04 Å². The van der Waals surface area contributed by atoms with Crippen LogP contribution in [0.2, 0.25) is 0 Å². The van der Waals surface area contributed by atoms with Crippen molar-refractivity contribution in [2.75, 3.05) is 6.54 Å². The molecule has 0 aliphatic heterocycles. The normalized spacial score (nSPS) is 18.4. The minimum atomic E-state index is 0.432. The molecule has 1 aromatic heterocycles. The molecule has 2 nitrogen and oxygen atoms in total. The van der Waals surface area contributed by atoms with Gasteiger partial charge in [-0.3, -0.25) is 0 Å². The van der Waals surface area contributed by atoms with Gasteiger partial charge in [0.05, 0.1) is 6.04 Å². The van der Waals surface area contributed by atoms with Crippen LogP contribution in [0.3, 0.4) is 0 Å². The van der Waals surface area contributed by atoms with E-state index in [0.717, 1.165) is 24.0 Å². The van der Waals surface area contributed by atoms with Crippen LogP contribution in [0.5, 0.6) is 0 Å². The van der Waals surface area contributed by atoms with Crippen molar-refractivity contribution in [3.05, 3.63) is 23.7 Å². The van der Waals surface area contributed by atoms with E-state index in [9.17, 15) is 0 Å². The van der Waals surface area contributed by atoms with E-state index in [-0.39, 0.29) is 0 Å². The second-order valence-corrected chi connectivity index (χ2v) is 4.24. The average Bonchev–Trinajstić information content (AvgIpc) is 2.87. The van der Waals surface area contributed by atoms with Crippen molar-refractivity contribution in [1.82, 2.24) is 5.32 Å². The number of hydrogen-bond acceptors (Lipinski definition) is 2. The molecule has 14 heavy (non-hydrogen) atoms. The van der Waals surface area contributed by atoms with Crippen molar-refractivity contribution in [3.8, 4) is 0 Å². The molecule has 0 aromatic carbocycles. The van der Waals surface area contributed by atoms with Gasteiger partial charge in [0.15, 0.2) is 0 Å². The first kappa shape index (κ1) is 9.78. The second-order valence-electron chi connectivity index (χ2n) is 4.24. The maximum Gasteiger partial charge on any atom is 0.121 e. The predicted molar refractivity (Wildman–Crippen MR) is 57.2 cm³/mol. The number of hydrogen-bond donors (Lipinski definition) is 1. The molecule has 1 unspecified atom stereocenters. The minimum Gasteiger partial charge on any atom is -0.465 e. The number of aryl methyl sites for hydroxylation is 1. The van der Waals surface area contributed by atoms with E-state index in [1.54, 1.807) is 0 Å². The molecule has 1 fully saturated rings. The van der Waals surface area contributed by atoms with Gasteiger partial charge in [0, 0.05) is 0 Å². The molecule has 0 amide bonds. The Morgan fingerprint density at radius 1 is 1.50 bits per heavy atom. The smallest absolute Gasteiger partial charge is 0.121 e. The highest BCUT2D eigenvalue weighted by molar-refractivity contribution is 5.10. The third-order valence-electron chi connectivity index (χ3n) is 2.82. The maximum absolute atomic E-state index is 5.66. The Morgan fingerprint density at radius 3 is 2.79 bits per heavy atom. The van der Waals surface area contributed by atoms with Crippen molar-refractivity contribution >= 4 is 0 Å². The summed E-state index contributed by atoms with van der Waals surface area (Å²) < 4.78 is 5.66. The number of rotatable bonds is 5. The number of furan rings is 1. The Kier molecular flexibility index (Phi) is 2.92. The molecule has 1 N–H and O–H groups in total. The molecule has 0 radical (unpaired) electrons. The van der Waals surface area contributed by atoms with Gasteiger partial charge in [0.25, 0.3) is 0 Å². The highest BCUT2D eigenvalue weighted by Crippen LogP contribution is 2.37. The maximum atomic E-state index is 5.66. The lowest BCUT2D eigenvalue weighted by atomic mass is 10.1. The third kappa shape index (κ3) is 2.38. The van der Waals surface area contributed by atoms with E-state index in [1.165, 1.54) is 19.3 Å². The zero-order valence-corrected chi connectivity index (χ0v) is 9.05. The van der Waals surface area contributed by atoms with Gasteiger partial charge in [0.2, 0.25) is 0 Å². The Morgan fingerprint density at radius 2 is 2.29 bits per heavy atom. The molecule has 2 rings (SSSR count). The quantitative estimate of drug-likeness (QED) is 0.777. The van der Waals surface area contributed by atoms with E-state index in [4.69, 9.17) is 4.42 Å². The van der Waals surface area contributed by atoms with Gasteiger partial charge in [-0.2, -0.15) is 0 Å². The third-order valence-corrected chi connectivity index (χ3v) is 2.82. The lowest BCUT2D eigenvalue weighted by Crippen LogP contribution is -2.20. The molecule has 1 saturated carbocycles. The average molecular weight is 193 g/mol. The van der Waals surface area contributed by atoms with E-state index in [1.807, 2.05) is 13.0 Å². The summed E-state index contributed by atoms with van der Waals surface area (Å²) in [4.78, 5) is 0. The summed E-state index contributed by atoms with van der Waals surface area (Å²) in [6.07, 6.45) is 4.05. The fourth-order valence-electron chi connectivity index (χ4n) is 1.87. The summed E-state index contributed by atoms with van der Waals surface area (Å²) in [5.74, 6) is 3.06. The van der Waals surface area contributed by atoms with Crippen LogP contribution in [0.4, 0.5) is 0 Å². The van der Waals surface area contributed by atoms with Crippen LogP contribution in [-0.4, -0.2) is 6.54 Å². The molecule has 0 saturated heterocycles. The first-order chi connectivity index (χ1) is 6.79. The van der Waals surface area contributed by atoms with Gasteiger partial charge < -0.3 is 9.73 Å². The van der Waals surface area contributed by atoms with Crippen LogP contribution >= 0.6 is 0 Å². The van der Waals surface area contributed by atoms with Crippen LogP contribution in [0.25, 0.3) is 0 Å². The van der Waals surface area contributed by atoms with Gasteiger partial charge in [-0.25, -0.2) is 0 Å². The Hall–Kier alpha value is -0.760. The summed E-state index contributed by atoms with van der Waals surface area (Å²) in [5.41, 5.74) is 0. The zero-order chi connectivity index (χ0) is 9.97. The first-order valence-corrected chi connectivity index (χ1v) is 5.59. The van der Waals surface area contributed by atoms with Crippen LogP contribution in [-0.2, 0) is 0 Å². The topological polar surface area (TPSA) is 25.2 Å². The second kappa shape index (κ2) is 4.18. The molecule has 1 heterocycles. The monoisotopic (exact) mass is 193 g/mol. The van der Waals surface area contributed by atoms with E-state index >= 15 is 0 Å². The van der Waals surface area contributed by atoms with Gasteiger partial charge in [-0.15, -0.1) is 0 Å². The zero-order valence-electron chi connectivity index (χ0n) is 9.05. The van der Waals surface area contributed by atoms with Crippen molar-refractivity contribution in [1.29, 1.82) is 0 Å². The van der Waals surface area contributed by atoms with Crippen molar-refractivity contribution in [3.63, 3.8) is 0 Å². The fourth-order valence-corrected chi connectivity index (χ4v) is 1.87. The molecule has 0 bridgehead atoms. The van der Waals surface area contributed by atoms with Crippen LogP contribution in [0, 0.1) is 12.8 Å². The number of nitrogens with one attached hydrogen (secondary N) is 1. The SMILES string of the molecule is CCNC(CC1CC1)c1ccc(C)o1. The van der Waals surface area contributed by atoms with Gasteiger partial charge in [0.1, 0.15) is 11.5 Å². The highest BCUT2D eigenvalue weighted by Gasteiger charge is 2.27. The standard InChI is InChI=1S/C12H19NO/c1-3-13-11(8-10-5-6-10)12-7-4-9(2)14-12/h4,7,10-11,13H,3,5-6,8H2,1-2H3. The lowest BCUT2D eigenvalue weighted by molar-refractivity contribution is 0.379. The molecule has 1 aromatic rings. The molecule has 2 heteroatoms. The minimum absolute atomic E-state index is 0.432. The molecular formula is C12H19NO. The summed E-state index contributed by atoms with van der Waals surface area (Å²) in [6.45, 7) is 5.16. The van der Waals surface area contributed by atoms with Gasteiger partial charge in [-0.1, -0.05) is 19.8 Å². The molecular weight excluding hydrogens is 174 g/mol. The Balaban J connectivity index is 2.00. The summed E-state index contributed by atoms with van der Waals surface area (Å²) in [5, 5.41) is 3.49. The van der Waals surface area contributed by atoms with E-state index in [2.05, 4.69) is 18.3 Å². The highest BCUT2D eigenvalue weighted by atomic mass is 16.3. The molecule has 1 aliphatic carbocycles. The van der Waals surface area contributed by atoms with Crippen LogP contribution in [0.15, 0.2) is 16.5 Å². The molecule has 1 aliphatic rings. The van der Waals surface area contributed by atoms with Crippen LogP contribution in [0.1, 0.15) is 43.7 Å². The molecule has 1 atom stereocenters. The summed E-state index contributed by atoms with van der Waals surface area (Å²) >= 11 is 0. The first-order valence-electron chi connectivity index (χ1n) is 5.59. The van der Waals surface area contributed by atoms with Crippen molar-refractivity contribution in [2.45, 2.75) is 39.2 Å². The summed E-state index contributed by atoms with van der Waals surface area (Å²) in [6, 6.07) is 4.58. The largest absolute Gasteiger partial charge is 0.465 e. The van der Waals surface area contributed by atoms with Crippen molar-refractivity contribution in [2.24, 2.45) is 5.92 Å².